The van der Waals surface area contributed by atoms with Crippen LogP contribution in [-0.2, 0) is 6.42 Å². The van der Waals surface area contributed by atoms with Gasteiger partial charge in [-0.2, -0.15) is 0 Å². The average Bonchev–Trinajstić information content (AvgIpc) is 2.47. The van der Waals surface area contributed by atoms with Crippen molar-refractivity contribution < 1.29 is 0 Å². The van der Waals surface area contributed by atoms with E-state index in [1.165, 1.54) is 17.5 Å². The summed E-state index contributed by atoms with van der Waals surface area (Å²) in [6, 6.07) is 12.4. The van der Waals surface area contributed by atoms with Gasteiger partial charge in [0.25, 0.3) is 0 Å². The first-order valence-corrected chi connectivity index (χ1v) is 7.46. The highest BCUT2D eigenvalue weighted by Crippen LogP contribution is 2.32. The maximum Gasteiger partial charge on any atom is 0.0889 e. The van der Waals surface area contributed by atoms with Crippen LogP contribution >= 0.6 is 12.2 Å². The van der Waals surface area contributed by atoms with Crippen molar-refractivity contribution in [1.29, 1.82) is 0 Å². The highest BCUT2D eigenvalue weighted by atomic mass is 32.1. The third kappa shape index (κ3) is 2.73. The SMILES string of the molecule is Cc1cnc2c(c1)CCC[C@H]2C(=S)Nc1ccccc1. The molecule has 3 rings (SSSR count). The van der Waals surface area contributed by atoms with Crippen LogP contribution in [0.4, 0.5) is 5.69 Å². The number of fused-ring (bicyclic) bond motifs is 1. The number of anilines is 1. The van der Waals surface area contributed by atoms with Crippen molar-refractivity contribution in [2.45, 2.75) is 32.1 Å². The van der Waals surface area contributed by atoms with E-state index in [1.807, 2.05) is 36.5 Å². The lowest BCUT2D eigenvalue weighted by Gasteiger charge is -2.26. The lowest BCUT2D eigenvalue weighted by Crippen LogP contribution is -2.24. The molecular formula is C17H18N2S. The number of thiocarbonyl (C=S) groups is 1. The van der Waals surface area contributed by atoms with Crippen LogP contribution in [0, 0.1) is 6.92 Å². The van der Waals surface area contributed by atoms with Crippen molar-refractivity contribution in [2.24, 2.45) is 0 Å². The van der Waals surface area contributed by atoms with E-state index in [4.69, 9.17) is 12.2 Å². The number of hydrogen-bond donors (Lipinski definition) is 1. The number of pyridine rings is 1. The maximum absolute atomic E-state index is 5.61. The van der Waals surface area contributed by atoms with E-state index in [-0.39, 0.29) is 5.92 Å². The van der Waals surface area contributed by atoms with Crippen LogP contribution in [0.3, 0.4) is 0 Å². The van der Waals surface area contributed by atoms with E-state index in [1.54, 1.807) is 0 Å². The molecule has 2 nitrogen and oxygen atoms in total. The molecule has 0 saturated heterocycles. The normalized spacial score (nSPS) is 17.4. The largest absolute Gasteiger partial charge is 0.349 e. The zero-order valence-electron chi connectivity index (χ0n) is 11.6. The molecule has 0 unspecified atom stereocenters. The molecule has 0 radical (unpaired) electrons. The third-order valence-corrected chi connectivity index (χ3v) is 4.15. The molecule has 1 atom stereocenters. The fraction of sp³-hybridized carbons (Fsp3) is 0.294. The Hall–Kier alpha value is -1.74. The van der Waals surface area contributed by atoms with Crippen LogP contribution in [0.2, 0.25) is 0 Å². The van der Waals surface area contributed by atoms with E-state index in [2.05, 4.69) is 23.3 Å². The number of aryl methyl sites for hydroxylation is 2. The molecule has 0 bridgehead atoms. The van der Waals surface area contributed by atoms with Crippen molar-refractivity contribution in [3.8, 4) is 0 Å². The van der Waals surface area contributed by atoms with Gasteiger partial charge in [-0.15, -0.1) is 0 Å². The highest BCUT2D eigenvalue weighted by Gasteiger charge is 2.25. The molecule has 0 aliphatic heterocycles. The van der Waals surface area contributed by atoms with E-state index in [0.29, 0.717) is 0 Å². The first kappa shape index (κ1) is 13.3. The summed E-state index contributed by atoms with van der Waals surface area (Å²) in [7, 11) is 0. The van der Waals surface area contributed by atoms with Gasteiger partial charge in [0.15, 0.2) is 0 Å². The zero-order chi connectivity index (χ0) is 13.9. The molecule has 1 aromatic heterocycles. The maximum atomic E-state index is 5.61. The first-order chi connectivity index (χ1) is 9.74. The van der Waals surface area contributed by atoms with Gasteiger partial charge in [-0.05, 0) is 49.4 Å². The second kappa shape index (κ2) is 5.71. The Morgan fingerprint density at radius 2 is 2.10 bits per heavy atom. The summed E-state index contributed by atoms with van der Waals surface area (Å²) in [5, 5.41) is 3.36. The zero-order valence-corrected chi connectivity index (χ0v) is 12.4. The van der Waals surface area contributed by atoms with Gasteiger partial charge in [-0.1, -0.05) is 36.5 Å². The van der Waals surface area contributed by atoms with Crippen molar-refractivity contribution in [1.82, 2.24) is 4.98 Å². The molecule has 1 heterocycles. The second-order valence-corrected chi connectivity index (χ2v) is 5.80. The number of hydrogen-bond acceptors (Lipinski definition) is 2. The summed E-state index contributed by atoms with van der Waals surface area (Å²) >= 11 is 5.61. The van der Waals surface area contributed by atoms with Gasteiger partial charge in [0, 0.05) is 11.9 Å². The molecule has 1 N–H and O–H groups in total. The van der Waals surface area contributed by atoms with Crippen LogP contribution in [0.25, 0.3) is 0 Å². The predicted octanol–water partition coefficient (Wildman–Crippen LogP) is 4.25. The van der Waals surface area contributed by atoms with Crippen LogP contribution in [0.15, 0.2) is 42.6 Å². The van der Waals surface area contributed by atoms with E-state index >= 15 is 0 Å². The van der Waals surface area contributed by atoms with Crippen molar-refractivity contribution >= 4 is 22.9 Å². The molecule has 1 aliphatic rings. The van der Waals surface area contributed by atoms with Gasteiger partial charge in [-0.3, -0.25) is 4.98 Å². The van der Waals surface area contributed by atoms with Gasteiger partial charge in [-0.25, -0.2) is 0 Å². The Morgan fingerprint density at radius 1 is 1.30 bits per heavy atom. The fourth-order valence-electron chi connectivity index (χ4n) is 2.79. The Morgan fingerprint density at radius 3 is 2.90 bits per heavy atom. The summed E-state index contributed by atoms with van der Waals surface area (Å²) < 4.78 is 0. The quantitative estimate of drug-likeness (QED) is 0.834. The lowest BCUT2D eigenvalue weighted by molar-refractivity contribution is 0.634. The first-order valence-electron chi connectivity index (χ1n) is 7.05. The van der Waals surface area contributed by atoms with Crippen molar-refractivity contribution in [3.05, 3.63) is 59.4 Å². The molecule has 1 aromatic carbocycles. The van der Waals surface area contributed by atoms with Crippen LogP contribution in [0.1, 0.15) is 35.6 Å². The van der Waals surface area contributed by atoms with Crippen LogP contribution in [0.5, 0.6) is 0 Å². The van der Waals surface area contributed by atoms with Gasteiger partial charge in [0.05, 0.1) is 16.6 Å². The molecule has 102 valence electrons. The minimum Gasteiger partial charge on any atom is -0.349 e. The molecule has 20 heavy (non-hydrogen) atoms. The van der Waals surface area contributed by atoms with Crippen molar-refractivity contribution in [3.63, 3.8) is 0 Å². The fourth-order valence-corrected chi connectivity index (χ4v) is 3.14. The Balaban J connectivity index is 1.83. The molecule has 0 amide bonds. The van der Waals surface area contributed by atoms with Gasteiger partial charge < -0.3 is 5.32 Å². The summed E-state index contributed by atoms with van der Waals surface area (Å²) in [6.07, 6.45) is 5.33. The Kier molecular flexibility index (Phi) is 3.79. The van der Waals surface area contributed by atoms with Crippen molar-refractivity contribution in [2.75, 3.05) is 5.32 Å². The van der Waals surface area contributed by atoms with E-state index in [9.17, 15) is 0 Å². The van der Waals surface area contributed by atoms with E-state index in [0.717, 1.165) is 29.2 Å². The lowest BCUT2D eigenvalue weighted by atomic mass is 9.86. The molecule has 1 aliphatic carbocycles. The summed E-state index contributed by atoms with van der Waals surface area (Å²) in [5.74, 6) is 0.245. The minimum absolute atomic E-state index is 0.245. The number of nitrogens with zero attached hydrogens (tertiary/aromatic N) is 1. The molecule has 0 fully saturated rings. The average molecular weight is 282 g/mol. The molecule has 3 heteroatoms. The standard InChI is InChI=1S/C17H18N2S/c1-12-10-13-6-5-9-15(16(13)18-11-12)17(20)19-14-7-3-2-4-8-14/h2-4,7-8,10-11,15H,5-6,9H2,1H3,(H,19,20)/t15-/m1/s1. The predicted molar refractivity (Wildman–Crippen MR) is 87.3 cm³/mol. The molecule has 0 spiro atoms. The topological polar surface area (TPSA) is 24.9 Å². The Bertz CT molecular complexity index is 622. The van der Waals surface area contributed by atoms with Gasteiger partial charge in [0.1, 0.15) is 0 Å². The molecule has 0 saturated carbocycles. The molecule has 2 aromatic rings. The minimum atomic E-state index is 0.245. The smallest absolute Gasteiger partial charge is 0.0889 e. The van der Waals surface area contributed by atoms with Crippen LogP contribution in [-0.4, -0.2) is 9.97 Å². The number of para-hydroxylation sites is 1. The van der Waals surface area contributed by atoms with Crippen LogP contribution < -0.4 is 5.32 Å². The summed E-state index contributed by atoms with van der Waals surface area (Å²) in [4.78, 5) is 5.52. The van der Waals surface area contributed by atoms with Gasteiger partial charge in [0.2, 0.25) is 0 Å². The summed E-state index contributed by atoms with van der Waals surface area (Å²) in [6.45, 7) is 2.09. The number of aromatic nitrogens is 1. The van der Waals surface area contributed by atoms with Gasteiger partial charge >= 0.3 is 0 Å². The molecular weight excluding hydrogens is 264 g/mol. The Labute approximate surface area is 125 Å². The summed E-state index contributed by atoms with van der Waals surface area (Å²) in [5.41, 5.74) is 4.80. The number of rotatable bonds is 2. The third-order valence-electron chi connectivity index (χ3n) is 3.76. The highest BCUT2D eigenvalue weighted by molar-refractivity contribution is 7.80. The number of benzene rings is 1. The number of nitrogens with one attached hydrogen (secondary N) is 1. The monoisotopic (exact) mass is 282 g/mol. The van der Waals surface area contributed by atoms with E-state index < -0.39 is 0 Å². The second-order valence-electron chi connectivity index (χ2n) is 5.36.